The second-order valence-corrected chi connectivity index (χ2v) is 3.72. The summed E-state index contributed by atoms with van der Waals surface area (Å²) in [5.74, 6) is -0.572. The summed E-state index contributed by atoms with van der Waals surface area (Å²) < 4.78 is 10.5. The van der Waals surface area contributed by atoms with E-state index in [0.717, 1.165) is 12.1 Å². The Kier molecular flexibility index (Phi) is 8.10. The van der Waals surface area contributed by atoms with Crippen molar-refractivity contribution in [3.63, 3.8) is 0 Å². The maximum absolute atomic E-state index is 10.5. The molecule has 0 radical (unpaired) electrons. The molecule has 14 heavy (non-hydrogen) atoms. The predicted molar refractivity (Wildman–Crippen MR) is 39.8 cm³/mol. The predicted octanol–water partition coefficient (Wildman–Crippen LogP) is -7.48. The first-order valence-corrected chi connectivity index (χ1v) is 4.56. The fourth-order valence-electron chi connectivity index (χ4n) is 0.760. The van der Waals surface area contributed by atoms with Gasteiger partial charge in [0.25, 0.3) is 0 Å². The molecule has 8 heteroatoms. The molecule has 0 aliphatic carbocycles. The van der Waals surface area contributed by atoms with Crippen LogP contribution in [0.4, 0.5) is 5.69 Å². The van der Waals surface area contributed by atoms with Crippen LogP contribution in [0.3, 0.4) is 0 Å². The Labute approximate surface area is 125 Å². The first kappa shape index (κ1) is 17.4. The van der Waals surface area contributed by atoms with Gasteiger partial charge in [-0.05, 0) is 25.8 Å². The Morgan fingerprint density at radius 2 is 1.79 bits per heavy atom. The van der Waals surface area contributed by atoms with E-state index < -0.39 is 18.6 Å². The normalized spacial score (nSPS) is 9.86. The number of anilines is 1. The van der Waals surface area contributed by atoms with Crippen LogP contribution in [-0.2, 0) is 4.57 Å². The number of aromatic hydroxyl groups is 1. The van der Waals surface area contributed by atoms with E-state index in [1.807, 2.05) is 0 Å². The topological polar surface area (TPSA) is 109 Å². The number of nitrogen functional groups attached to an aromatic ring is 1. The summed E-state index contributed by atoms with van der Waals surface area (Å²) in [4.78, 5) is 20.9. The summed E-state index contributed by atoms with van der Waals surface area (Å²) >= 11 is 0. The summed E-state index contributed by atoms with van der Waals surface area (Å²) in [6.45, 7) is 0. The number of rotatable bonds is 1. The fourth-order valence-corrected chi connectivity index (χ4v) is 1.42. The number of phenols is 1. The maximum Gasteiger partial charge on any atom is 1.00 e. The molecule has 0 fully saturated rings. The molecule has 3 N–H and O–H groups in total. The van der Waals surface area contributed by atoms with E-state index in [1.165, 1.54) is 6.07 Å². The minimum Gasteiger partial charge on any atom is -0.807 e. The third-order valence-corrected chi connectivity index (χ3v) is 2.24. The van der Waals surface area contributed by atoms with Gasteiger partial charge in [0.1, 0.15) is 5.75 Å². The molecule has 0 aliphatic heterocycles. The molecule has 1 aromatic rings. The third kappa shape index (κ3) is 4.66. The van der Waals surface area contributed by atoms with E-state index in [4.69, 9.17) is 10.8 Å². The van der Waals surface area contributed by atoms with E-state index >= 15 is 0 Å². The fraction of sp³-hybridized carbons (Fsp3) is 0. The third-order valence-electron chi connectivity index (χ3n) is 1.29. The van der Waals surface area contributed by atoms with Crippen molar-refractivity contribution in [2.24, 2.45) is 0 Å². The summed E-state index contributed by atoms with van der Waals surface area (Å²) in [6.07, 6.45) is 0. The molecule has 0 bridgehead atoms. The molecule has 0 unspecified atom stereocenters. The van der Waals surface area contributed by atoms with Crippen molar-refractivity contribution in [1.29, 1.82) is 0 Å². The first-order chi connectivity index (χ1) is 5.41. The largest absolute Gasteiger partial charge is 1.00 e. The Morgan fingerprint density at radius 3 is 2.14 bits per heavy atom. The van der Waals surface area contributed by atoms with Crippen LogP contribution in [0.2, 0.25) is 0 Å². The number of benzene rings is 1. The SMILES string of the molecule is Nc1ccc(O)c(P(=O)([O-])[O-])c1.[Na+].[Na+]. The number of phenolic OH excluding ortho intramolecular Hbond substituents is 1. The minimum atomic E-state index is -4.91. The van der Waals surface area contributed by atoms with Gasteiger partial charge in [0.15, 0.2) is 0 Å². The van der Waals surface area contributed by atoms with Crippen molar-refractivity contribution in [3.05, 3.63) is 18.2 Å². The molecular formula is C6H6NNa2O4P. The number of nitrogens with two attached hydrogens (primary N) is 1. The van der Waals surface area contributed by atoms with Crippen molar-refractivity contribution >= 4 is 18.6 Å². The van der Waals surface area contributed by atoms with Gasteiger partial charge in [-0.15, -0.1) is 0 Å². The van der Waals surface area contributed by atoms with Crippen molar-refractivity contribution < 1.29 is 78.6 Å². The molecule has 1 aromatic carbocycles. The smallest absolute Gasteiger partial charge is 0.807 e. The maximum atomic E-state index is 10.5. The average molecular weight is 233 g/mol. The molecule has 0 spiro atoms. The zero-order valence-electron chi connectivity index (χ0n) is 7.93. The van der Waals surface area contributed by atoms with Crippen LogP contribution in [0.15, 0.2) is 18.2 Å². The summed E-state index contributed by atoms with van der Waals surface area (Å²) in [7, 11) is -4.91. The van der Waals surface area contributed by atoms with Gasteiger partial charge < -0.3 is 25.2 Å². The summed E-state index contributed by atoms with van der Waals surface area (Å²) in [6, 6.07) is 3.29. The molecule has 0 aliphatic rings. The van der Waals surface area contributed by atoms with Crippen LogP contribution < -0.4 is 79.9 Å². The quantitative estimate of drug-likeness (QED) is 0.217. The summed E-state index contributed by atoms with van der Waals surface area (Å²) in [5.41, 5.74) is 5.33. The van der Waals surface area contributed by atoms with Crippen LogP contribution in [0.25, 0.3) is 0 Å². The molecule has 0 atom stereocenters. The molecule has 0 saturated heterocycles. The monoisotopic (exact) mass is 233 g/mol. The average Bonchev–Trinajstić information content (AvgIpc) is 1.92. The zero-order chi connectivity index (χ0) is 9.35. The van der Waals surface area contributed by atoms with E-state index in [0.29, 0.717) is 0 Å². The van der Waals surface area contributed by atoms with Crippen molar-refractivity contribution in [1.82, 2.24) is 0 Å². The zero-order valence-corrected chi connectivity index (χ0v) is 12.8. The molecule has 0 heterocycles. The molecule has 5 nitrogen and oxygen atoms in total. The van der Waals surface area contributed by atoms with E-state index in [-0.39, 0.29) is 64.8 Å². The van der Waals surface area contributed by atoms with Gasteiger partial charge in [-0.3, -0.25) is 0 Å². The first-order valence-electron chi connectivity index (χ1n) is 3.02. The Balaban J connectivity index is 0. The van der Waals surface area contributed by atoms with E-state index in [2.05, 4.69) is 0 Å². The van der Waals surface area contributed by atoms with Gasteiger partial charge in [0, 0.05) is 11.0 Å². The van der Waals surface area contributed by atoms with Gasteiger partial charge in [-0.25, -0.2) is 0 Å². The van der Waals surface area contributed by atoms with Crippen LogP contribution in [0, 0.1) is 0 Å². The van der Waals surface area contributed by atoms with Crippen molar-refractivity contribution in [3.8, 4) is 5.75 Å². The second kappa shape index (κ2) is 6.53. The number of hydrogen-bond acceptors (Lipinski definition) is 5. The number of hydrogen-bond donors (Lipinski definition) is 2. The Hall–Kier alpha value is 0.970. The van der Waals surface area contributed by atoms with Crippen molar-refractivity contribution in [2.45, 2.75) is 0 Å². The van der Waals surface area contributed by atoms with Gasteiger partial charge >= 0.3 is 59.1 Å². The second-order valence-electron chi connectivity index (χ2n) is 2.25. The van der Waals surface area contributed by atoms with Gasteiger partial charge in [-0.1, -0.05) is 0 Å². The molecule has 0 amide bonds. The standard InChI is InChI=1S/C6H8NO4P.2Na/c7-4-1-2-5(8)6(3-4)12(9,10)11;;/h1-3,8H,7H2,(H2,9,10,11);;/q;2*+1/p-2. The van der Waals surface area contributed by atoms with Crippen LogP contribution >= 0.6 is 7.60 Å². The van der Waals surface area contributed by atoms with Crippen LogP contribution in [-0.4, -0.2) is 5.11 Å². The van der Waals surface area contributed by atoms with Gasteiger partial charge in [-0.2, -0.15) is 0 Å². The summed E-state index contributed by atoms with van der Waals surface area (Å²) in [5, 5.41) is 8.28. The van der Waals surface area contributed by atoms with Crippen LogP contribution in [0.1, 0.15) is 0 Å². The molecule has 0 aromatic heterocycles. The van der Waals surface area contributed by atoms with Crippen molar-refractivity contribution in [2.75, 3.05) is 5.73 Å². The Bertz CT molecular complexity index is 354. The molecule has 1 rings (SSSR count). The van der Waals surface area contributed by atoms with Gasteiger partial charge in [0.05, 0.1) is 0 Å². The molecule has 0 saturated carbocycles. The van der Waals surface area contributed by atoms with Crippen LogP contribution in [0.5, 0.6) is 5.75 Å². The van der Waals surface area contributed by atoms with E-state index in [9.17, 15) is 14.4 Å². The molecular weight excluding hydrogens is 227 g/mol. The molecule has 66 valence electrons. The minimum absolute atomic E-state index is 0. The van der Waals surface area contributed by atoms with Gasteiger partial charge in [0.2, 0.25) is 0 Å². The Morgan fingerprint density at radius 1 is 1.29 bits per heavy atom. The van der Waals surface area contributed by atoms with E-state index in [1.54, 1.807) is 0 Å².